The summed E-state index contributed by atoms with van der Waals surface area (Å²) >= 11 is 2.70. The molecule has 1 amide bonds. The van der Waals surface area contributed by atoms with Crippen molar-refractivity contribution in [3.63, 3.8) is 0 Å². The monoisotopic (exact) mass is 421 g/mol. The lowest BCUT2D eigenvalue weighted by Crippen LogP contribution is -2.14. The van der Waals surface area contributed by atoms with Crippen molar-refractivity contribution in [3.8, 4) is 0 Å². The van der Waals surface area contributed by atoms with Gasteiger partial charge in [0.2, 0.25) is 5.91 Å². The van der Waals surface area contributed by atoms with Crippen molar-refractivity contribution in [1.82, 2.24) is 4.98 Å². The van der Waals surface area contributed by atoms with Crippen LogP contribution >= 0.6 is 23.1 Å². The van der Waals surface area contributed by atoms with E-state index in [1.54, 1.807) is 6.07 Å². The molecule has 0 radical (unpaired) electrons. The van der Waals surface area contributed by atoms with Gasteiger partial charge in [-0.15, -0.1) is 11.3 Å². The molecule has 1 aromatic heterocycles. The lowest BCUT2D eigenvalue weighted by atomic mass is 10.0. The highest BCUT2D eigenvalue weighted by molar-refractivity contribution is 8.01. The first kappa shape index (κ1) is 18.1. The molecule has 144 valence electrons. The van der Waals surface area contributed by atoms with Crippen LogP contribution in [-0.4, -0.2) is 21.6 Å². The molecule has 0 spiro atoms. The average molecular weight is 422 g/mol. The molecule has 1 aliphatic rings. The van der Waals surface area contributed by atoms with Crippen LogP contribution in [0.25, 0.3) is 21.0 Å². The maximum absolute atomic E-state index is 12.5. The van der Waals surface area contributed by atoms with Crippen molar-refractivity contribution in [1.29, 1.82) is 0 Å². The minimum absolute atomic E-state index is 0.0440. The van der Waals surface area contributed by atoms with Crippen molar-refractivity contribution < 1.29 is 9.72 Å². The first-order valence-electron chi connectivity index (χ1n) is 9.09. The highest BCUT2D eigenvalue weighted by Crippen LogP contribution is 2.35. The maximum atomic E-state index is 12.5. The topological polar surface area (TPSA) is 85.1 Å². The molecule has 29 heavy (non-hydrogen) atoms. The van der Waals surface area contributed by atoms with E-state index in [9.17, 15) is 14.9 Å². The third-order valence-corrected chi connectivity index (χ3v) is 7.20. The number of hydrogen-bond donors (Lipinski definition) is 1. The minimum Gasteiger partial charge on any atom is -0.325 e. The second-order valence-corrected chi connectivity index (χ2v) is 9.09. The maximum Gasteiger partial charge on any atom is 0.270 e. The van der Waals surface area contributed by atoms with Gasteiger partial charge in [0.05, 0.1) is 20.9 Å². The molecule has 1 aliphatic carbocycles. The number of aryl methyl sites for hydroxylation is 2. The molecule has 3 aromatic carbocycles. The van der Waals surface area contributed by atoms with Crippen LogP contribution in [0.1, 0.15) is 11.1 Å². The fraction of sp³-hybridized carbons (Fsp3) is 0.143. The van der Waals surface area contributed by atoms with Gasteiger partial charge in [-0.25, -0.2) is 4.98 Å². The van der Waals surface area contributed by atoms with Gasteiger partial charge in [0, 0.05) is 23.2 Å². The number of thioether (sulfide) groups is 1. The van der Waals surface area contributed by atoms with E-state index in [1.807, 2.05) is 12.1 Å². The molecule has 0 bridgehead atoms. The molecule has 6 nitrogen and oxygen atoms in total. The predicted molar refractivity (Wildman–Crippen MR) is 117 cm³/mol. The van der Waals surface area contributed by atoms with E-state index < -0.39 is 4.92 Å². The summed E-state index contributed by atoms with van der Waals surface area (Å²) in [6, 6.07) is 14.9. The van der Waals surface area contributed by atoms with E-state index in [0.29, 0.717) is 5.52 Å². The number of carbonyl (C=O) groups excluding carboxylic acids is 1. The second kappa shape index (κ2) is 7.13. The van der Waals surface area contributed by atoms with Crippen LogP contribution in [0, 0.1) is 10.1 Å². The summed E-state index contributed by atoms with van der Waals surface area (Å²) in [6.07, 6.45) is 2.10. The van der Waals surface area contributed by atoms with Crippen LogP contribution in [0.5, 0.6) is 0 Å². The molecule has 1 heterocycles. The number of anilines is 1. The normalized spacial score (nSPS) is 12.6. The minimum atomic E-state index is -0.419. The smallest absolute Gasteiger partial charge is 0.270 e. The zero-order valence-electron chi connectivity index (χ0n) is 15.2. The number of rotatable bonds is 5. The van der Waals surface area contributed by atoms with E-state index in [0.717, 1.165) is 33.0 Å². The fourth-order valence-corrected chi connectivity index (χ4v) is 5.64. The Bertz CT molecular complexity index is 1290. The summed E-state index contributed by atoms with van der Waals surface area (Å²) in [5, 5.41) is 16.3. The van der Waals surface area contributed by atoms with Gasteiger partial charge in [-0.3, -0.25) is 14.9 Å². The molecule has 4 aromatic rings. The molecule has 0 fully saturated rings. The van der Waals surface area contributed by atoms with Gasteiger partial charge in [0.25, 0.3) is 5.69 Å². The Morgan fingerprint density at radius 3 is 2.83 bits per heavy atom. The number of benzene rings is 3. The third-order valence-electron chi connectivity index (χ3n) is 5.04. The number of nitro groups is 1. The number of thiazole rings is 1. The number of nitro benzene ring substituents is 1. The Balaban J connectivity index is 1.31. The van der Waals surface area contributed by atoms with Crippen molar-refractivity contribution >= 4 is 61.4 Å². The highest BCUT2D eigenvalue weighted by Gasteiger charge is 2.17. The van der Waals surface area contributed by atoms with Gasteiger partial charge in [0.15, 0.2) is 4.34 Å². The lowest BCUT2D eigenvalue weighted by molar-refractivity contribution is -0.384. The molecule has 8 heteroatoms. The molecule has 0 saturated carbocycles. The Labute approximate surface area is 174 Å². The van der Waals surface area contributed by atoms with Gasteiger partial charge < -0.3 is 5.32 Å². The number of nitrogens with one attached hydrogen (secondary N) is 1. The second-order valence-electron chi connectivity index (χ2n) is 6.84. The highest BCUT2D eigenvalue weighted by atomic mass is 32.2. The van der Waals surface area contributed by atoms with Crippen molar-refractivity contribution in [2.45, 2.75) is 17.2 Å². The van der Waals surface area contributed by atoms with Crippen LogP contribution in [-0.2, 0) is 17.6 Å². The van der Waals surface area contributed by atoms with Crippen LogP contribution in [0.15, 0.2) is 52.9 Å². The number of amides is 1. The largest absolute Gasteiger partial charge is 0.325 e. The number of hydrogen-bond acceptors (Lipinski definition) is 6. The van der Waals surface area contributed by atoms with Crippen LogP contribution in [0.2, 0.25) is 0 Å². The summed E-state index contributed by atoms with van der Waals surface area (Å²) in [4.78, 5) is 27.5. The number of fused-ring (bicyclic) bond motifs is 1. The van der Waals surface area contributed by atoms with Crippen LogP contribution < -0.4 is 5.32 Å². The first-order valence-corrected chi connectivity index (χ1v) is 10.9. The van der Waals surface area contributed by atoms with Gasteiger partial charge in [-0.05, 0) is 41.5 Å². The van der Waals surface area contributed by atoms with Crippen LogP contribution in [0.4, 0.5) is 11.4 Å². The van der Waals surface area contributed by atoms with Crippen molar-refractivity contribution in [2.75, 3.05) is 11.1 Å². The van der Waals surface area contributed by atoms with Gasteiger partial charge >= 0.3 is 0 Å². The van der Waals surface area contributed by atoms with E-state index in [-0.39, 0.29) is 17.3 Å². The quantitative estimate of drug-likeness (QED) is 0.272. The molecule has 5 rings (SSSR count). The van der Waals surface area contributed by atoms with Crippen LogP contribution in [0.3, 0.4) is 0 Å². The molecular formula is C21H15N3O3S2. The fourth-order valence-electron chi connectivity index (χ4n) is 3.74. The predicted octanol–water partition coefficient (Wildman–Crippen LogP) is 5.19. The first-order chi connectivity index (χ1) is 14.1. The summed E-state index contributed by atoms with van der Waals surface area (Å²) in [7, 11) is 0. The summed E-state index contributed by atoms with van der Waals surface area (Å²) in [5.41, 5.74) is 4.26. The van der Waals surface area contributed by atoms with E-state index in [2.05, 4.69) is 28.5 Å². The molecule has 0 unspecified atom stereocenters. The van der Waals surface area contributed by atoms with E-state index in [1.165, 1.54) is 51.7 Å². The zero-order chi connectivity index (χ0) is 20.0. The van der Waals surface area contributed by atoms with E-state index in [4.69, 9.17) is 0 Å². The number of non-ortho nitro benzene ring substituents is 1. The number of aromatic nitrogens is 1. The zero-order valence-corrected chi connectivity index (χ0v) is 16.8. The Kier molecular flexibility index (Phi) is 4.44. The Hall–Kier alpha value is -2.97. The lowest BCUT2D eigenvalue weighted by Gasteiger charge is -2.10. The summed E-state index contributed by atoms with van der Waals surface area (Å²) < 4.78 is 1.46. The van der Waals surface area contributed by atoms with Gasteiger partial charge in [0.1, 0.15) is 0 Å². The SMILES string of the molecule is O=C(CSc1nc2ccc([N+](=O)[O-])cc2s1)Nc1ccc2c3c(cccc13)CC2. The molecule has 0 aliphatic heterocycles. The number of carbonyl (C=O) groups is 1. The standard InChI is InChI=1S/C21H15N3O3S2/c25-19(11-28-21-23-17-9-7-14(24(26)27)10-18(17)29-21)22-16-8-6-13-5-4-12-2-1-3-15(16)20(12)13/h1-3,6-10H,4-5,11H2,(H,22,25). The van der Waals surface area contributed by atoms with Gasteiger partial charge in [-0.1, -0.05) is 36.0 Å². The molecular weight excluding hydrogens is 406 g/mol. The summed E-state index contributed by atoms with van der Waals surface area (Å²) in [5.74, 6) is 0.129. The number of nitrogens with zero attached hydrogens (tertiary/aromatic N) is 2. The molecule has 0 atom stereocenters. The van der Waals surface area contributed by atoms with Crippen molar-refractivity contribution in [2.24, 2.45) is 0 Å². The summed E-state index contributed by atoms with van der Waals surface area (Å²) in [6.45, 7) is 0. The average Bonchev–Trinajstić information content (AvgIpc) is 3.32. The Morgan fingerprint density at radius 1 is 1.17 bits per heavy atom. The van der Waals surface area contributed by atoms with Gasteiger partial charge in [-0.2, -0.15) is 0 Å². The van der Waals surface area contributed by atoms with E-state index >= 15 is 0 Å². The van der Waals surface area contributed by atoms with Crippen molar-refractivity contribution in [3.05, 3.63) is 69.8 Å². The molecule has 1 N–H and O–H groups in total. The Morgan fingerprint density at radius 2 is 2.00 bits per heavy atom. The third kappa shape index (κ3) is 3.34. The molecule has 0 saturated heterocycles.